The summed E-state index contributed by atoms with van der Waals surface area (Å²) >= 11 is 0. The van der Waals surface area contributed by atoms with Crippen molar-refractivity contribution >= 4 is 35.2 Å². The third kappa shape index (κ3) is 4.93. The van der Waals surface area contributed by atoms with Crippen molar-refractivity contribution in [3.8, 4) is 5.75 Å². The number of carboxylic acids is 1. The highest BCUT2D eigenvalue weighted by Gasteiger charge is 2.32. The summed E-state index contributed by atoms with van der Waals surface area (Å²) in [6, 6.07) is 9.76. The first-order chi connectivity index (χ1) is 15.8. The van der Waals surface area contributed by atoms with Crippen molar-refractivity contribution in [3.63, 3.8) is 0 Å². The van der Waals surface area contributed by atoms with Crippen LogP contribution in [0.1, 0.15) is 20.7 Å². The average Bonchev–Trinajstić information content (AvgIpc) is 2.83. The number of aromatic hydroxyl groups is 1. The first-order valence-electron chi connectivity index (χ1n) is 9.49. The number of carbonyl (C=O) groups is 4. The summed E-state index contributed by atoms with van der Waals surface area (Å²) in [6.45, 7) is -0.240. The molecular formula is C22H20N2O9. The molecule has 0 unspecified atom stereocenters. The van der Waals surface area contributed by atoms with E-state index in [2.05, 4.69) is 5.32 Å². The van der Waals surface area contributed by atoms with Gasteiger partial charge in [0.15, 0.2) is 0 Å². The molecule has 0 radical (unpaired) electrons. The van der Waals surface area contributed by atoms with Crippen LogP contribution < -0.4 is 10.2 Å². The summed E-state index contributed by atoms with van der Waals surface area (Å²) in [5, 5.41) is 21.3. The van der Waals surface area contributed by atoms with Crippen LogP contribution in [0.15, 0.2) is 53.7 Å². The Morgan fingerprint density at radius 2 is 1.76 bits per heavy atom. The SMILES string of the molecule is COC(=O)C1=C(C(=O)OC)N(c2cccc(C(=O)Nc3ccc(O)c(C(=O)O)c3)c2)COC1. The van der Waals surface area contributed by atoms with Gasteiger partial charge >= 0.3 is 17.9 Å². The van der Waals surface area contributed by atoms with Crippen LogP contribution in [-0.4, -0.2) is 61.6 Å². The molecule has 11 nitrogen and oxygen atoms in total. The van der Waals surface area contributed by atoms with E-state index in [0.29, 0.717) is 5.69 Å². The van der Waals surface area contributed by atoms with Crippen LogP contribution in [0.25, 0.3) is 0 Å². The summed E-state index contributed by atoms with van der Waals surface area (Å²) in [6.07, 6.45) is 0. The molecule has 1 aliphatic rings. The second-order valence-corrected chi connectivity index (χ2v) is 6.76. The fourth-order valence-corrected chi connectivity index (χ4v) is 3.15. The Morgan fingerprint density at radius 1 is 1.03 bits per heavy atom. The van der Waals surface area contributed by atoms with E-state index in [1.165, 1.54) is 37.3 Å². The van der Waals surface area contributed by atoms with E-state index in [4.69, 9.17) is 19.3 Å². The summed E-state index contributed by atoms with van der Waals surface area (Å²) in [4.78, 5) is 49.9. The second kappa shape index (κ2) is 9.83. The van der Waals surface area contributed by atoms with Crippen molar-refractivity contribution in [1.29, 1.82) is 0 Å². The van der Waals surface area contributed by atoms with Crippen molar-refractivity contribution in [2.75, 3.05) is 37.8 Å². The number of anilines is 2. The number of benzene rings is 2. The van der Waals surface area contributed by atoms with Gasteiger partial charge in [-0.15, -0.1) is 0 Å². The summed E-state index contributed by atoms with van der Waals surface area (Å²) in [5.41, 5.74) is 0.224. The second-order valence-electron chi connectivity index (χ2n) is 6.76. The maximum Gasteiger partial charge on any atom is 0.355 e. The predicted octanol–water partition coefficient (Wildman–Crippen LogP) is 1.74. The molecule has 172 valence electrons. The smallest absolute Gasteiger partial charge is 0.355 e. The van der Waals surface area contributed by atoms with Gasteiger partial charge in [-0.1, -0.05) is 6.07 Å². The third-order valence-corrected chi connectivity index (χ3v) is 4.74. The van der Waals surface area contributed by atoms with Crippen LogP contribution in [0.2, 0.25) is 0 Å². The Morgan fingerprint density at radius 3 is 2.42 bits per heavy atom. The van der Waals surface area contributed by atoms with E-state index >= 15 is 0 Å². The largest absolute Gasteiger partial charge is 0.507 e. The normalized spacial score (nSPS) is 13.3. The monoisotopic (exact) mass is 456 g/mol. The number of methoxy groups -OCH3 is 2. The number of rotatable bonds is 6. The number of nitrogens with zero attached hydrogens (tertiary/aromatic N) is 1. The molecule has 33 heavy (non-hydrogen) atoms. The van der Waals surface area contributed by atoms with Gasteiger partial charge in [-0.2, -0.15) is 0 Å². The van der Waals surface area contributed by atoms with Crippen LogP contribution in [0.5, 0.6) is 5.75 Å². The number of hydrogen-bond donors (Lipinski definition) is 3. The molecule has 3 rings (SSSR count). The molecule has 0 fully saturated rings. The first kappa shape index (κ1) is 23.3. The van der Waals surface area contributed by atoms with E-state index in [-0.39, 0.29) is 41.4 Å². The highest BCUT2D eigenvalue weighted by molar-refractivity contribution is 6.06. The average molecular weight is 456 g/mol. The molecule has 0 aliphatic carbocycles. The molecule has 1 aliphatic heterocycles. The highest BCUT2D eigenvalue weighted by Crippen LogP contribution is 2.28. The molecule has 0 atom stereocenters. The lowest BCUT2D eigenvalue weighted by Gasteiger charge is -2.31. The summed E-state index contributed by atoms with van der Waals surface area (Å²) in [7, 11) is 2.35. The van der Waals surface area contributed by atoms with E-state index in [0.717, 1.165) is 12.1 Å². The van der Waals surface area contributed by atoms with Crippen LogP contribution in [0, 0.1) is 0 Å². The Balaban J connectivity index is 1.93. The molecule has 1 heterocycles. The Bertz CT molecular complexity index is 1160. The van der Waals surface area contributed by atoms with Gasteiger partial charge < -0.3 is 34.6 Å². The molecular weight excluding hydrogens is 436 g/mol. The molecule has 2 aromatic rings. The van der Waals surface area contributed by atoms with Gasteiger partial charge in [0.25, 0.3) is 5.91 Å². The zero-order valence-electron chi connectivity index (χ0n) is 17.7. The van der Waals surface area contributed by atoms with Gasteiger partial charge in [-0.05, 0) is 36.4 Å². The Labute approximate surface area is 187 Å². The quantitative estimate of drug-likeness (QED) is 0.433. The number of phenols is 1. The number of hydrogen-bond acceptors (Lipinski definition) is 9. The number of carboxylic acid groups (broad SMARTS) is 1. The lowest BCUT2D eigenvalue weighted by atomic mass is 10.1. The molecule has 11 heteroatoms. The molecule has 3 N–H and O–H groups in total. The fourth-order valence-electron chi connectivity index (χ4n) is 3.15. The van der Waals surface area contributed by atoms with E-state index < -0.39 is 29.6 Å². The van der Waals surface area contributed by atoms with E-state index in [9.17, 15) is 24.3 Å². The molecule has 0 spiro atoms. The molecule has 0 aromatic heterocycles. The van der Waals surface area contributed by atoms with E-state index in [1.807, 2.05) is 0 Å². The van der Waals surface area contributed by atoms with Gasteiger partial charge in [0.1, 0.15) is 23.7 Å². The van der Waals surface area contributed by atoms with E-state index in [1.54, 1.807) is 12.1 Å². The number of nitrogens with one attached hydrogen (secondary N) is 1. The maximum atomic E-state index is 12.8. The Kier molecular flexibility index (Phi) is 6.94. The van der Waals surface area contributed by atoms with Crippen LogP contribution in [0.3, 0.4) is 0 Å². The highest BCUT2D eigenvalue weighted by atomic mass is 16.5. The predicted molar refractivity (Wildman–Crippen MR) is 114 cm³/mol. The molecule has 0 saturated carbocycles. The van der Waals surface area contributed by atoms with Gasteiger partial charge in [0.2, 0.25) is 0 Å². The van der Waals surface area contributed by atoms with Gasteiger partial charge in [-0.25, -0.2) is 14.4 Å². The minimum atomic E-state index is -1.35. The zero-order valence-corrected chi connectivity index (χ0v) is 17.7. The number of amides is 1. The van der Waals surface area contributed by atoms with Crippen LogP contribution in [0.4, 0.5) is 11.4 Å². The van der Waals surface area contributed by atoms with Gasteiger partial charge in [0.05, 0.1) is 26.4 Å². The van der Waals surface area contributed by atoms with Crippen molar-refractivity contribution in [3.05, 3.63) is 64.9 Å². The zero-order chi connectivity index (χ0) is 24.1. The standard InChI is InChI=1S/C22H20N2O9/c1-31-21(29)16-10-33-11-24(18(16)22(30)32-2)14-5-3-4-12(8-14)19(26)23-13-6-7-17(25)15(9-13)20(27)28/h3-9,25H,10-11H2,1-2H3,(H,23,26)(H,27,28). The number of carbonyl (C=O) groups excluding carboxylic acids is 3. The van der Waals surface area contributed by atoms with Crippen LogP contribution in [-0.2, 0) is 23.8 Å². The van der Waals surface area contributed by atoms with Gasteiger partial charge in [0, 0.05) is 16.9 Å². The number of esters is 2. The number of aromatic carboxylic acids is 1. The minimum Gasteiger partial charge on any atom is -0.507 e. The van der Waals surface area contributed by atoms with Crippen molar-refractivity contribution in [1.82, 2.24) is 0 Å². The van der Waals surface area contributed by atoms with Crippen molar-refractivity contribution in [2.24, 2.45) is 0 Å². The van der Waals surface area contributed by atoms with Crippen molar-refractivity contribution < 1.29 is 43.6 Å². The van der Waals surface area contributed by atoms with Gasteiger partial charge in [-0.3, -0.25) is 4.79 Å². The molecule has 2 aromatic carbocycles. The first-order valence-corrected chi connectivity index (χ1v) is 9.49. The lowest BCUT2D eigenvalue weighted by molar-refractivity contribution is -0.140. The number of ether oxygens (including phenoxy) is 3. The Hall–Kier alpha value is -4.38. The molecule has 0 bridgehead atoms. The lowest BCUT2D eigenvalue weighted by Crippen LogP contribution is -2.38. The third-order valence-electron chi connectivity index (χ3n) is 4.74. The molecule has 1 amide bonds. The van der Waals surface area contributed by atoms with Crippen LogP contribution >= 0.6 is 0 Å². The fraction of sp³-hybridized carbons (Fsp3) is 0.182. The summed E-state index contributed by atoms with van der Waals surface area (Å²) in [5.74, 6) is -3.89. The topological polar surface area (TPSA) is 152 Å². The molecule has 0 saturated heterocycles. The van der Waals surface area contributed by atoms with Crippen molar-refractivity contribution in [2.45, 2.75) is 0 Å². The summed E-state index contributed by atoms with van der Waals surface area (Å²) < 4.78 is 15.0. The maximum absolute atomic E-state index is 12.8. The minimum absolute atomic E-state index is 0.0317.